The molecule has 286 valence electrons. The lowest BCUT2D eigenvalue weighted by Crippen LogP contribution is -2.60. The van der Waals surface area contributed by atoms with E-state index in [2.05, 4.69) is 21.3 Å². The van der Waals surface area contributed by atoms with Gasteiger partial charge in [0.05, 0.1) is 13.2 Å². The molecule has 0 fully saturated rings. The standard InChI is InChI=1S/C42H50N4O8/c1-27(31-21-13-7-14-22-31)33(39(49)43-3)45-41(51)37(53-25-29-17-9-5-10-18-29)35(47)36(48)38(54-26-30-19-11-6-12-20-30)42(52)46-34(40(50)44-4)28(2)32-23-15-8-16-24-32/h5-24,27-28,33-38,47-48H,25-26H2,1-4H3,(H,43,49)(H,44,50)(H,45,51)(H,46,52)/t27?,28?,33-,34-,35+,36+,37+,38+/m0/s1. The molecular weight excluding hydrogens is 688 g/mol. The summed E-state index contributed by atoms with van der Waals surface area (Å²) >= 11 is 0. The SMILES string of the molecule is CNC(=O)[C@@H](NC(=O)[C@H](OCc1ccccc1)[C@H](O)[C@@H](O)[C@@H](OCc1ccccc1)C(=O)N[C@H](C(=O)NC)C(C)c1ccccc1)C(C)c1ccccc1. The molecule has 4 aromatic carbocycles. The van der Waals surface area contributed by atoms with Crippen molar-refractivity contribution in [2.24, 2.45) is 0 Å². The quantitative estimate of drug-likeness (QED) is 0.0852. The van der Waals surface area contributed by atoms with Gasteiger partial charge in [0.25, 0.3) is 11.8 Å². The van der Waals surface area contributed by atoms with Crippen molar-refractivity contribution < 1.29 is 38.9 Å². The molecule has 2 unspecified atom stereocenters. The van der Waals surface area contributed by atoms with Gasteiger partial charge in [0, 0.05) is 25.9 Å². The molecule has 0 aromatic heterocycles. The number of hydrogen-bond acceptors (Lipinski definition) is 8. The molecule has 4 amide bonds. The van der Waals surface area contributed by atoms with Gasteiger partial charge in [0.1, 0.15) is 24.3 Å². The molecule has 0 radical (unpaired) electrons. The minimum Gasteiger partial charge on any atom is -0.387 e. The van der Waals surface area contributed by atoms with Gasteiger partial charge < -0.3 is 41.0 Å². The van der Waals surface area contributed by atoms with Crippen LogP contribution in [0.15, 0.2) is 121 Å². The molecule has 4 rings (SSSR count). The molecule has 12 heteroatoms. The molecule has 0 aliphatic heterocycles. The van der Waals surface area contributed by atoms with Crippen LogP contribution in [0.5, 0.6) is 0 Å². The Kier molecular flexibility index (Phi) is 15.9. The minimum absolute atomic E-state index is 0.156. The molecule has 0 aliphatic carbocycles. The van der Waals surface area contributed by atoms with Gasteiger partial charge >= 0.3 is 0 Å². The van der Waals surface area contributed by atoms with Crippen LogP contribution in [-0.4, -0.2) is 84.4 Å². The van der Waals surface area contributed by atoms with Crippen LogP contribution in [0.4, 0.5) is 0 Å². The van der Waals surface area contributed by atoms with E-state index in [9.17, 15) is 29.4 Å². The fourth-order valence-electron chi connectivity index (χ4n) is 6.05. The fraction of sp³-hybridized carbons (Fsp3) is 0.333. The predicted octanol–water partition coefficient (Wildman–Crippen LogP) is 2.95. The number of carbonyl (C=O) groups is 4. The number of nitrogens with one attached hydrogen (secondary N) is 4. The van der Waals surface area contributed by atoms with Crippen molar-refractivity contribution >= 4 is 23.6 Å². The Labute approximate surface area is 316 Å². The van der Waals surface area contributed by atoms with Crippen molar-refractivity contribution in [3.63, 3.8) is 0 Å². The number of aliphatic hydroxyl groups excluding tert-OH is 2. The molecule has 6 N–H and O–H groups in total. The van der Waals surface area contributed by atoms with E-state index in [1.807, 2.05) is 72.8 Å². The van der Waals surface area contributed by atoms with Crippen molar-refractivity contribution in [1.29, 1.82) is 0 Å². The number of ether oxygens (including phenoxy) is 2. The molecule has 0 spiro atoms. The maximum Gasteiger partial charge on any atom is 0.252 e. The predicted molar refractivity (Wildman–Crippen MR) is 204 cm³/mol. The summed E-state index contributed by atoms with van der Waals surface area (Å²) in [4.78, 5) is 54.5. The number of likely N-dealkylation sites (N-methyl/N-ethyl adjacent to an activating group) is 2. The molecular formula is C42H50N4O8. The van der Waals surface area contributed by atoms with Gasteiger partial charge in [-0.25, -0.2) is 0 Å². The zero-order valence-electron chi connectivity index (χ0n) is 30.9. The summed E-state index contributed by atoms with van der Waals surface area (Å²) < 4.78 is 12.0. The van der Waals surface area contributed by atoms with E-state index in [-0.39, 0.29) is 13.2 Å². The highest BCUT2D eigenvalue weighted by atomic mass is 16.5. The van der Waals surface area contributed by atoms with Crippen LogP contribution in [0, 0.1) is 0 Å². The van der Waals surface area contributed by atoms with Gasteiger partial charge in [0.15, 0.2) is 12.2 Å². The maximum atomic E-state index is 14.1. The molecule has 0 bridgehead atoms. The topological polar surface area (TPSA) is 175 Å². The summed E-state index contributed by atoms with van der Waals surface area (Å²) in [6, 6.07) is 33.8. The van der Waals surface area contributed by atoms with E-state index in [1.54, 1.807) is 62.4 Å². The number of aliphatic hydroxyl groups is 2. The normalized spacial score (nSPS) is 15.6. The lowest BCUT2D eigenvalue weighted by molar-refractivity contribution is -0.171. The van der Waals surface area contributed by atoms with Gasteiger partial charge in [-0.3, -0.25) is 19.2 Å². The number of carbonyl (C=O) groups excluding carboxylic acids is 4. The minimum atomic E-state index is -2.05. The van der Waals surface area contributed by atoms with Crippen molar-refractivity contribution in [2.45, 2.75) is 75.4 Å². The summed E-state index contributed by atoms with van der Waals surface area (Å²) in [5, 5.41) is 34.2. The second-order valence-electron chi connectivity index (χ2n) is 13.0. The van der Waals surface area contributed by atoms with Crippen LogP contribution in [0.3, 0.4) is 0 Å². The Morgan fingerprint density at radius 3 is 1.09 bits per heavy atom. The highest BCUT2D eigenvalue weighted by Gasteiger charge is 2.43. The van der Waals surface area contributed by atoms with Gasteiger partial charge in [-0.1, -0.05) is 135 Å². The molecule has 54 heavy (non-hydrogen) atoms. The van der Waals surface area contributed by atoms with Crippen molar-refractivity contribution in [3.8, 4) is 0 Å². The summed E-state index contributed by atoms with van der Waals surface area (Å²) in [6.07, 6.45) is -7.68. The second-order valence-corrected chi connectivity index (χ2v) is 13.0. The molecule has 0 heterocycles. The van der Waals surface area contributed by atoms with Crippen LogP contribution in [0.2, 0.25) is 0 Å². The Balaban J connectivity index is 1.67. The Bertz CT molecular complexity index is 1630. The average molecular weight is 739 g/mol. The number of amides is 4. The molecule has 0 saturated heterocycles. The zero-order valence-corrected chi connectivity index (χ0v) is 30.9. The van der Waals surface area contributed by atoms with Crippen LogP contribution in [0.1, 0.15) is 47.9 Å². The van der Waals surface area contributed by atoms with Crippen molar-refractivity contribution in [1.82, 2.24) is 21.3 Å². The summed E-state index contributed by atoms with van der Waals surface area (Å²) in [6.45, 7) is 3.24. The molecule has 0 saturated carbocycles. The number of hydrogen-bond donors (Lipinski definition) is 6. The Morgan fingerprint density at radius 2 is 0.796 bits per heavy atom. The maximum absolute atomic E-state index is 14.1. The van der Waals surface area contributed by atoms with Gasteiger partial charge in [-0.15, -0.1) is 0 Å². The fourth-order valence-corrected chi connectivity index (χ4v) is 6.05. The van der Waals surface area contributed by atoms with E-state index >= 15 is 0 Å². The molecule has 0 aliphatic rings. The van der Waals surface area contributed by atoms with E-state index in [0.29, 0.717) is 11.1 Å². The molecule has 12 nitrogen and oxygen atoms in total. The number of rotatable bonds is 19. The first-order valence-corrected chi connectivity index (χ1v) is 17.9. The van der Waals surface area contributed by atoms with Gasteiger partial charge in [-0.2, -0.15) is 0 Å². The molecule has 8 atom stereocenters. The van der Waals surface area contributed by atoms with Crippen LogP contribution in [-0.2, 0) is 41.9 Å². The van der Waals surface area contributed by atoms with Crippen LogP contribution in [0.25, 0.3) is 0 Å². The van der Waals surface area contributed by atoms with E-state index in [0.717, 1.165) is 11.1 Å². The first kappa shape index (κ1) is 41.4. The summed E-state index contributed by atoms with van der Waals surface area (Å²) in [5.74, 6) is -3.81. The third kappa shape index (κ3) is 11.3. The lowest BCUT2D eigenvalue weighted by atomic mass is 9.91. The summed E-state index contributed by atoms with van der Waals surface area (Å²) in [7, 11) is 2.89. The second kappa shape index (κ2) is 20.7. The molecule has 4 aromatic rings. The zero-order chi connectivity index (χ0) is 39.0. The monoisotopic (exact) mass is 738 g/mol. The lowest BCUT2D eigenvalue weighted by Gasteiger charge is -2.33. The van der Waals surface area contributed by atoms with E-state index < -0.39 is 72.0 Å². The third-order valence-electron chi connectivity index (χ3n) is 9.34. The van der Waals surface area contributed by atoms with Crippen LogP contribution < -0.4 is 21.3 Å². The summed E-state index contributed by atoms with van der Waals surface area (Å²) in [5.41, 5.74) is 2.87. The smallest absolute Gasteiger partial charge is 0.252 e. The van der Waals surface area contributed by atoms with E-state index in [1.165, 1.54) is 14.1 Å². The van der Waals surface area contributed by atoms with E-state index in [4.69, 9.17) is 9.47 Å². The van der Waals surface area contributed by atoms with Crippen molar-refractivity contribution in [3.05, 3.63) is 144 Å². The highest BCUT2D eigenvalue weighted by molar-refractivity contribution is 5.91. The average Bonchev–Trinajstić information content (AvgIpc) is 3.22. The first-order chi connectivity index (χ1) is 26.0. The number of benzene rings is 4. The van der Waals surface area contributed by atoms with Gasteiger partial charge in [-0.05, 0) is 22.3 Å². The Hall–Kier alpha value is -5.40. The van der Waals surface area contributed by atoms with Gasteiger partial charge in [0.2, 0.25) is 11.8 Å². The van der Waals surface area contributed by atoms with Crippen LogP contribution >= 0.6 is 0 Å². The third-order valence-corrected chi connectivity index (χ3v) is 9.34. The largest absolute Gasteiger partial charge is 0.387 e. The highest BCUT2D eigenvalue weighted by Crippen LogP contribution is 2.23. The Morgan fingerprint density at radius 1 is 0.500 bits per heavy atom. The first-order valence-electron chi connectivity index (χ1n) is 17.9. The van der Waals surface area contributed by atoms with Crippen molar-refractivity contribution in [2.75, 3.05) is 14.1 Å².